The molecule has 0 heterocycles. The number of hydrogen-bond acceptors (Lipinski definition) is 2. The van der Waals surface area contributed by atoms with Crippen LogP contribution in [-0.2, 0) is 0 Å². The summed E-state index contributed by atoms with van der Waals surface area (Å²) in [5, 5.41) is -0.780. The van der Waals surface area contributed by atoms with Gasteiger partial charge in [-0.1, -0.05) is 12.1 Å². The van der Waals surface area contributed by atoms with Crippen LogP contribution in [0.4, 0.5) is 13.2 Å². The van der Waals surface area contributed by atoms with E-state index in [1.807, 2.05) is 0 Å². The zero-order valence-electron chi connectivity index (χ0n) is 8.52. The second-order valence-electron chi connectivity index (χ2n) is 3.15. The predicted octanol–water partition coefficient (Wildman–Crippen LogP) is 4.87. The summed E-state index contributed by atoms with van der Waals surface area (Å²) >= 11 is 8.35. The summed E-state index contributed by atoms with van der Waals surface area (Å²) in [6, 6.07) is 4.12. The van der Waals surface area contributed by atoms with E-state index in [4.69, 9.17) is 11.6 Å². The van der Waals surface area contributed by atoms with Crippen molar-refractivity contribution < 1.29 is 18.0 Å². The monoisotopic (exact) mass is 346 g/mol. The van der Waals surface area contributed by atoms with Gasteiger partial charge in [-0.05, 0) is 40.7 Å². The lowest BCUT2D eigenvalue weighted by Crippen LogP contribution is -2.11. The van der Waals surface area contributed by atoms with Crippen LogP contribution in [0.25, 0.3) is 0 Å². The summed E-state index contributed by atoms with van der Waals surface area (Å²) in [6.07, 6.45) is 0. The number of Topliss-reactive ketones (excluding diaryl/α,β-unsaturated/α-hetero) is 1. The number of halogens is 5. The van der Waals surface area contributed by atoms with E-state index in [1.165, 1.54) is 25.1 Å². The number of benzene rings is 1. The molecule has 0 N–H and O–H groups in total. The van der Waals surface area contributed by atoms with Crippen LogP contribution in [0.2, 0.25) is 0 Å². The highest BCUT2D eigenvalue weighted by atomic mass is 79.9. The van der Waals surface area contributed by atoms with E-state index in [1.54, 1.807) is 0 Å². The van der Waals surface area contributed by atoms with Gasteiger partial charge in [0.2, 0.25) is 0 Å². The molecule has 1 atom stereocenters. The molecule has 0 aliphatic carbocycles. The summed E-state index contributed by atoms with van der Waals surface area (Å²) < 4.78 is 36.9. The van der Waals surface area contributed by atoms with Gasteiger partial charge in [0.15, 0.2) is 5.78 Å². The molecule has 1 aromatic rings. The van der Waals surface area contributed by atoms with Gasteiger partial charge in [0.1, 0.15) is 0 Å². The fraction of sp³-hybridized carbons (Fsp3) is 0.300. The number of thioether (sulfide) groups is 1. The molecule has 94 valence electrons. The van der Waals surface area contributed by atoms with E-state index in [0.717, 1.165) is 0 Å². The molecule has 0 amide bonds. The second kappa shape index (κ2) is 5.63. The first-order valence-electron chi connectivity index (χ1n) is 4.45. The van der Waals surface area contributed by atoms with Crippen LogP contribution in [0.1, 0.15) is 17.3 Å². The van der Waals surface area contributed by atoms with Gasteiger partial charge < -0.3 is 0 Å². The quantitative estimate of drug-likeness (QED) is 0.441. The van der Waals surface area contributed by atoms with E-state index in [9.17, 15) is 18.0 Å². The Balaban J connectivity index is 3.12. The van der Waals surface area contributed by atoms with Gasteiger partial charge >= 0.3 is 5.51 Å². The van der Waals surface area contributed by atoms with E-state index in [2.05, 4.69) is 15.9 Å². The van der Waals surface area contributed by atoms with Crippen LogP contribution in [0, 0.1) is 0 Å². The van der Waals surface area contributed by atoms with Crippen LogP contribution in [0.3, 0.4) is 0 Å². The lowest BCUT2D eigenvalue weighted by molar-refractivity contribution is -0.0328. The number of hydrogen-bond donors (Lipinski definition) is 0. The van der Waals surface area contributed by atoms with Gasteiger partial charge in [-0.3, -0.25) is 4.79 Å². The normalized spacial score (nSPS) is 13.5. The third kappa shape index (κ3) is 4.19. The molecule has 1 nitrogen and oxygen atoms in total. The molecule has 0 spiro atoms. The van der Waals surface area contributed by atoms with Crippen molar-refractivity contribution in [1.82, 2.24) is 0 Å². The van der Waals surface area contributed by atoms with E-state index < -0.39 is 16.7 Å². The summed E-state index contributed by atoms with van der Waals surface area (Å²) in [5.74, 6) is -0.414. The van der Waals surface area contributed by atoms with Crippen molar-refractivity contribution >= 4 is 45.1 Å². The van der Waals surface area contributed by atoms with Gasteiger partial charge in [0, 0.05) is 14.9 Å². The Morgan fingerprint density at radius 3 is 2.53 bits per heavy atom. The lowest BCUT2D eigenvalue weighted by Gasteiger charge is -2.11. The number of carbonyl (C=O) groups is 1. The van der Waals surface area contributed by atoms with Gasteiger partial charge in [0.05, 0.1) is 5.38 Å². The minimum Gasteiger partial charge on any atom is -0.292 e. The van der Waals surface area contributed by atoms with Crippen LogP contribution >= 0.6 is 39.3 Å². The Morgan fingerprint density at radius 1 is 1.47 bits per heavy atom. The van der Waals surface area contributed by atoms with Gasteiger partial charge in [-0.2, -0.15) is 13.2 Å². The highest BCUT2D eigenvalue weighted by molar-refractivity contribution is 9.10. The van der Waals surface area contributed by atoms with Crippen molar-refractivity contribution in [3.8, 4) is 0 Å². The predicted molar refractivity (Wildman–Crippen MR) is 65.7 cm³/mol. The zero-order valence-corrected chi connectivity index (χ0v) is 11.7. The average molecular weight is 348 g/mol. The molecular formula is C10H7BrClF3OS. The SMILES string of the molecule is CC(Cl)C(=O)c1cccc(SC(F)(F)F)c1Br. The lowest BCUT2D eigenvalue weighted by atomic mass is 10.1. The largest absolute Gasteiger partial charge is 0.446 e. The van der Waals surface area contributed by atoms with Gasteiger partial charge in [-0.15, -0.1) is 11.6 Å². The third-order valence-corrected chi connectivity index (χ3v) is 3.92. The molecule has 0 saturated heterocycles. The van der Waals surface area contributed by atoms with Crippen LogP contribution in [0.5, 0.6) is 0 Å². The van der Waals surface area contributed by atoms with E-state index >= 15 is 0 Å². The molecule has 0 aliphatic heterocycles. The minimum absolute atomic E-state index is 0.0549. The van der Waals surface area contributed by atoms with Crippen molar-refractivity contribution in [2.75, 3.05) is 0 Å². The van der Waals surface area contributed by atoms with Gasteiger partial charge in [-0.25, -0.2) is 0 Å². The Kier molecular flexibility index (Phi) is 4.92. The Hall–Kier alpha value is -0.200. The molecule has 0 aliphatic rings. The number of rotatable bonds is 3. The van der Waals surface area contributed by atoms with Crippen LogP contribution in [-0.4, -0.2) is 16.7 Å². The minimum atomic E-state index is -4.39. The molecule has 0 fully saturated rings. The van der Waals surface area contributed by atoms with Crippen molar-refractivity contribution in [2.24, 2.45) is 0 Å². The topological polar surface area (TPSA) is 17.1 Å². The summed E-state index contributed by atoms with van der Waals surface area (Å²) in [6.45, 7) is 1.47. The van der Waals surface area contributed by atoms with Crippen LogP contribution in [0.15, 0.2) is 27.6 Å². The molecule has 1 aromatic carbocycles. The molecule has 7 heteroatoms. The third-order valence-electron chi connectivity index (χ3n) is 1.82. The zero-order chi connectivity index (χ0) is 13.2. The molecule has 17 heavy (non-hydrogen) atoms. The Morgan fingerprint density at radius 2 is 2.06 bits per heavy atom. The maximum Gasteiger partial charge on any atom is 0.446 e. The number of ketones is 1. The maximum atomic E-state index is 12.2. The molecule has 0 saturated carbocycles. The van der Waals surface area contributed by atoms with Crippen molar-refractivity contribution in [3.63, 3.8) is 0 Å². The fourth-order valence-corrected chi connectivity index (χ4v) is 2.53. The van der Waals surface area contributed by atoms with Crippen LogP contribution < -0.4 is 0 Å². The van der Waals surface area contributed by atoms with E-state index in [0.29, 0.717) is 0 Å². The standard InChI is InChI=1S/C10H7BrClF3OS/c1-5(12)9(16)6-3-2-4-7(8(6)11)17-10(13,14)15/h2-5H,1H3. The average Bonchev–Trinajstić information content (AvgIpc) is 2.18. The van der Waals surface area contributed by atoms with Crippen molar-refractivity contribution in [2.45, 2.75) is 22.7 Å². The summed E-state index contributed by atoms with van der Waals surface area (Å²) in [7, 11) is 0. The molecule has 0 bridgehead atoms. The first kappa shape index (κ1) is 14.9. The number of alkyl halides is 4. The summed E-state index contributed by atoms with van der Waals surface area (Å²) in [5.41, 5.74) is -4.24. The second-order valence-corrected chi connectivity index (χ2v) is 5.70. The summed E-state index contributed by atoms with van der Waals surface area (Å²) in [4.78, 5) is 11.6. The molecule has 0 radical (unpaired) electrons. The fourth-order valence-electron chi connectivity index (χ4n) is 1.12. The first-order chi connectivity index (χ1) is 7.72. The molecular weight excluding hydrogens is 341 g/mol. The highest BCUT2D eigenvalue weighted by Crippen LogP contribution is 2.41. The molecule has 0 aromatic heterocycles. The Bertz CT molecular complexity index is 434. The van der Waals surface area contributed by atoms with Crippen molar-refractivity contribution in [1.29, 1.82) is 0 Å². The smallest absolute Gasteiger partial charge is 0.292 e. The highest BCUT2D eigenvalue weighted by Gasteiger charge is 2.31. The first-order valence-corrected chi connectivity index (χ1v) is 6.49. The number of carbonyl (C=O) groups excluding carboxylic acids is 1. The maximum absolute atomic E-state index is 12.2. The Labute approximate surface area is 114 Å². The molecule has 1 unspecified atom stereocenters. The van der Waals surface area contributed by atoms with Gasteiger partial charge in [0.25, 0.3) is 0 Å². The van der Waals surface area contributed by atoms with E-state index in [-0.39, 0.29) is 26.7 Å². The molecule has 1 rings (SSSR count). The van der Waals surface area contributed by atoms with Crippen molar-refractivity contribution in [3.05, 3.63) is 28.2 Å².